The molecule has 6 nitrogen and oxygen atoms in total. The van der Waals surface area contributed by atoms with Gasteiger partial charge < -0.3 is 29.1 Å². The molecule has 3 saturated heterocycles. The van der Waals surface area contributed by atoms with Crippen molar-refractivity contribution in [3.63, 3.8) is 0 Å². The minimum atomic E-state index is 0.167. The van der Waals surface area contributed by atoms with Crippen LogP contribution in [0.1, 0.15) is 80.1 Å². The molecule has 3 aliphatic rings. The highest BCUT2D eigenvalue weighted by molar-refractivity contribution is 5.72. The molecule has 0 radical (unpaired) electrons. The highest BCUT2D eigenvalue weighted by atomic mass is 16.1. The number of carbonyl (C=O) groups is 3. The van der Waals surface area contributed by atoms with E-state index < -0.39 is 0 Å². The average Bonchev–Trinajstić information content (AvgIpc) is 3.04. The summed E-state index contributed by atoms with van der Waals surface area (Å²) in [5, 5.41) is 0. The minimum absolute atomic E-state index is 0.167. The summed E-state index contributed by atoms with van der Waals surface area (Å²) in [6, 6.07) is 0. The van der Waals surface area contributed by atoms with Gasteiger partial charge in [-0.05, 0) is 134 Å². The molecule has 6 heteroatoms. The molecule has 30 heavy (non-hydrogen) atoms. The van der Waals surface area contributed by atoms with Crippen molar-refractivity contribution in [2.45, 2.75) is 80.1 Å². The van der Waals surface area contributed by atoms with Crippen molar-refractivity contribution in [3.05, 3.63) is 0 Å². The Balaban J connectivity index is -0.000000297. The van der Waals surface area contributed by atoms with Gasteiger partial charge >= 0.3 is 0 Å². The fourth-order valence-corrected chi connectivity index (χ4v) is 2.40. The Kier molecular flexibility index (Phi) is 27.0. The fourth-order valence-electron chi connectivity index (χ4n) is 2.40. The second kappa shape index (κ2) is 24.2. The number of ketones is 3. The first kappa shape index (κ1) is 33.5. The summed E-state index contributed by atoms with van der Waals surface area (Å²) in [5.41, 5.74) is 0. The quantitative estimate of drug-likeness (QED) is 0.582. The number of hydrogen-bond acceptors (Lipinski definition) is 6. The molecule has 3 aliphatic heterocycles. The molecule has 0 aliphatic carbocycles. The highest BCUT2D eigenvalue weighted by Gasteiger charge is 2.05. The zero-order valence-corrected chi connectivity index (χ0v) is 21.6. The molecule has 0 saturated carbocycles. The Hall–Kier alpha value is -1.11. The van der Waals surface area contributed by atoms with Crippen LogP contribution in [0.3, 0.4) is 0 Å². The second-order valence-electron chi connectivity index (χ2n) is 8.76. The molecular weight excluding hydrogens is 378 g/mol. The number of carbonyl (C=O) groups excluding carboxylic acids is 3. The van der Waals surface area contributed by atoms with Gasteiger partial charge in [0.2, 0.25) is 0 Å². The van der Waals surface area contributed by atoms with E-state index in [0.29, 0.717) is 0 Å². The van der Waals surface area contributed by atoms with Gasteiger partial charge in [0, 0.05) is 0 Å². The van der Waals surface area contributed by atoms with Crippen molar-refractivity contribution in [3.8, 4) is 0 Å². The standard InChI is InChI=1S/C6H13N.C5H11N.C4H9N.3C3H6O/c1-7-5-3-2-4-6-7;1-6-4-2-3-5-6;1-5-3-2-4-5;3*1-3(2)4/h2-6H2,1H3;2-5H2,1H3;2-4H2,1H3;3*1-2H3. The molecule has 0 bridgehead atoms. The fraction of sp³-hybridized carbons (Fsp3) is 0.875. The van der Waals surface area contributed by atoms with E-state index in [0.717, 1.165) is 0 Å². The van der Waals surface area contributed by atoms with Crippen molar-refractivity contribution < 1.29 is 14.4 Å². The van der Waals surface area contributed by atoms with Crippen LogP contribution in [-0.2, 0) is 14.4 Å². The van der Waals surface area contributed by atoms with Gasteiger partial charge in [0.1, 0.15) is 17.3 Å². The summed E-state index contributed by atoms with van der Waals surface area (Å²) in [7, 11) is 6.51. The average molecular weight is 430 g/mol. The summed E-state index contributed by atoms with van der Waals surface area (Å²) in [6.45, 7) is 17.1. The van der Waals surface area contributed by atoms with Crippen LogP contribution in [0.15, 0.2) is 0 Å². The zero-order chi connectivity index (χ0) is 23.9. The lowest BCUT2D eigenvalue weighted by molar-refractivity contribution is -0.115. The first-order chi connectivity index (χ1) is 13.9. The maximum atomic E-state index is 9.44. The van der Waals surface area contributed by atoms with E-state index in [1.165, 1.54) is 119 Å². The lowest BCUT2D eigenvalue weighted by Gasteiger charge is -2.24. The van der Waals surface area contributed by atoms with Crippen molar-refractivity contribution in [2.24, 2.45) is 0 Å². The topological polar surface area (TPSA) is 60.9 Å². The summed E-state index contributed by atoms with van der Waals surface area (Å²) < 4.78 is 0. The maximum Gasteiger partial charge on any atom is 0.126 e. The molecule has 3 rings (SSSR count). The highest BCUT2D eigenvalue weighted by Crippen LogP contribution is 2.04. The molecule has 0 aromatic carbocycles. The van der Waals surface area contributed by atoms with Crippen molar-refractivity contribution in [2.75, 3.05) is 60.4 Å². The molecule has 0 amide bonds. The van der Waals surface area contributed by atoms with Crippen LogP contribution in [0.5, 0.6) is 0 Å². The van der Waals surface area contributed by atoms with E-state index in [1.807, 2.05) is 0 Å². The lowest BCUT2D eigenvalue weighted by atomic mass is 10.1. The van der Waals surface area contributed by atoms with Crippen LogP contribution in [0.25, 0.3) is 0 Å². The number of nitrogens with zero attached hydrogens (tertiary/aromatic N) is 3. The first-order valence-corrected chi connectivity index (χ1v) is 11.4. The zero-order valence-electron chi connectivity index (χ0n) is 21.6. The summed E-state index contributed by atoms with van der Waals surface area (Å²) in [5.74, 6) is 0.500. The van der Waals surface area contributed by atoms with Gasteiger partial charge in [-0.15, -0.1) is 0 Å². The van der Waals surface area contributed by atoms with Crippen LogP contribution < -0.4 is 0 Å². The number of rotatable bonds is 0. The SMILES string of the molecule is CC(C)=O.CC(C)=O.CC(C)=O.CN1CCC1.CN1CCCC1.CN1CCCCC1. The van der Waals surface area contributed by atoms with Gasteiger partial charge in [-0.3, -0.25) is 0 Å². The Labute approximate surface area is 187 Å². The monoisotopic (exact) mass is 429 g/mol. The van der Waals surface area contributed by atoms with E-state index in [2.05, 4.69) is 35.8 Å². The number of piperidine rings is 1. The maximum absolute atomic E-state index is 9.44. The van der Waals surface area contributed by atoms with Crippen LogP contribution in [0.4, 0.5) is 0 Å². The third-order valence-electron chi connectivity index (χ3n) is 3.99. The first-order valence-electron chi connectivity index (χ1n) is 11.4. The van der Waals surface area contributed by atoms with E-state index >= 15 is 0 Å². The van der Waals surface area contributed by atoms with Gasteiger partial charge in [-0.1, -0.05) is 6.42 Å². The molecule has 3 heterocycles. The predicted molar refractivity (Wildman–Crippen MR) is 129 cm³/mol. The number of hydrogen-bond donors (Lipinski definition) is 0. The predicted octanol–water partition coefficient (Wildman–Crippen LogP) is 3.92. The Morgan fingerprint density at radius 1 is 0.400 bits per heavy atom. The minimum Gasteiger partial charge on any atom is -0.306 e. The van der Waals surface area contributed by atoms with Crippen LogP contribution in [-0.4, -0.2) is 92.5 Å². The molecule has 0 aromatic rings. The van der Waals surface area contributed by atoms with Gasteiger partial charge in [-0.25, -0.2) is 0 Å². The molecule has 0 spiro atoms. The number of Topliss-reactive ketones (excluding diaryl/α,β-unsaturated/α-hetero) is 3. The Morgan fingerprint density at radius 2 is 0.567 bits per heavy atom. The van der Waals surface area contributed by atoms with Gasteiger partial charge in [0.05, 0.1) is 0 Å². The van der Waals surface area contributed by atoms with Crippen molar-refractivity contribution in [1.29, 1.82) is 0 Å². The van der Waals surface area contributed by atoms with E-state index in [-0.39, 0.29) is 17.3 Å². The van der Waals surface area contributed by atoms with Gasteiger partial charge in [-0.2, -0.15) is 0 Å². The molecule has 180 valence electrons. The third kappa shape index (κ3) is 45.6. The van der Waals surface area contributed by atoms with Crippen LogP contribution in [0.2, 0.25) is 0 Å². The molecule has 0 aromatic heterocycles. The Morgan fingerprint density at radius 3 is 0.633 bits per heavy atom. The van der Waals surface area contributed by atoms with Crippen LogP contribution in [0, 0.1) is 0 Å². The van der Waals surface area contributed by atoms with E-state index in [9.17, 15) is 14.4 Å². The number of likely N-dealkylation sites (tertiary alicyclic amines) is 3. The summed E-state index contributed by atoms with van der Waals surface area (Å²) in [6.07, 6.45) is 8.51. The van der Waals surface area contributed by atoms with Gasteiger partial charge in [0.15, 0.2) is 0 Å². The van der Waals surface area contributed by atoms with Crippen molar-refractivity contribution >= 4 is 17.3 Å². The smallest absolute Gasteiger partial charge is 0.126 e. The van der Waals surface area contributed by atoms with E-state index in [1.54, 1.807) is 0 Å². The second-order valence-corrected chi connectivity index (χ2v) is 8.76. The molecular formula is C24H51N3O3. The molecule has 0 unspecified atom stereocenters. The molecule has 3 fully saturated rings. The molecule has 0 N–H and O–H groups in total. The largest absolute Gasteiger partial charge is 0.306 e. The normalized spacial score (nSPS) is 17.9. The van der Waals surface area contributed by atoms with E-state index in [4.69, 9.17) is 0 Å². The molecule has 0 atom stereocenters. The van der Waals surface area contributed by atoms with Gasteiger partial charge in [0.25, 0.3) is 0 Å². The van der Waals surface area contributed by atoms with Crippen LogP contribution >= 0.6 is 0 Å². The lowest BCUT2D eigenvalue weighted by Crippen LogP contribution is -2.32. The summed E-state index contributed by atoms with van der Waals surface area (Å²) >= 11 is 0. The Bertz CT molecular complexity index is 371. The van der Waals surface area contributed by atoms with Crippen molar-refractivity contribution in [1.82, 2.24) is 14.7 Å². The summed E-state index contributed by atoms with van der Waals surface area (Å²) in [4.78, 5) is 35.4. The third-order valence-corrected chi connectivity index (χ3v) is 3.99.